The number of nitrogens with two attached hydrogens (primary N) is 1. The number of aryl methyl sites for hydroxylation is 2. The number of nitrogens with zero attached hydrogens (tertiary/aromatic N) is 1. The Morgan fingerprint density at radius 1 is 1.38 bits per heavy atom. The topological polar surface area (TPSA) is 81.2 Å². The zero-order valence-electron chi connectivity index (χ0n) is 12.1. The van der Waals surface area contributed by atoms with E-state index in [4.69, 9.17) is 10.3 Å². The zero-order valence-corrected chi connectivity index (χ0v) is 12.1. The van der Waals surface area contributed by atoms with E-state index in [9.17, 15) is 4.79 Å². The summed E-state index contributed by atoms with van der Waals surface area (Å²) in [7, 11) is 0. The van der Waals surface area contributed by atoms with Crippen LogP contribution in [0.15, 0.2) is 28.8 Å². The summed E-state index contributed by atoms with van der Waals surface area (Å²) in [5.41, 5.74) is 8.31. The summed E-state index contributed by atoms with van der Waals surface area (Å²) in [6.45, 7) is 4.33. The number of benzene rings is 1. The Hall–Kier alpha value is -2.58. The molecule has 0 fully saturated rings. The van der Waals surface area contributed by atoms with E-state index >= 15 is 0 Å². The largest absolute Gasteiger partial charge is 0.361 e. The third kappa shape index (κ3) is 3.94. The molecule has 0 atom stereocenters. The predicted molar refractivity (Wildman–Crippen MR) is 79.5 cm³/mol. The molecule has 5 heteroatoms. The van der Waals surface area contributed by atoms with Gasteiger partial charge in [-0.3, -0.25) is 4.79 Å². The van der Waals surface area contributed by atoms with E-state index in [2.05, 4.69) is 22.3 Å². The maximum Gasteiger partial charge on any atom is 0.252 e. The van der Waals surface area contributed by atoms with Crippen LogP contribution in [0.3, 0.4) is 0 Å². The van der Waals surface area contributed by atoms with Crippen molar-refractivity contribution in [2.24, 2.45) is 5.73 Å². The van der Waals surface area contributed by atoms with Gasteiger partial charge in [-0.05, 0) is 31.5 Å². The van der Waals surface area contributed by atoms with Crippen molar-refractivity contribution < 1.29 is 9.32 Å². The summed E-state index contributed by atoms with van der Waals surface area (Å²) in [6, 6.07) is 7.30. The molecular weight excluding hydrogens is 266 g/mol. The lowest BCUT2D eigenvalue weighted by Gasteiger charge is -2.06. The molecule has 2 aromatic rings. The van der Waals surface area contributed by atoms with Gasteiger partial charge in [-0.15, -0.1) is 0 Å². The quantitative estimate of drug-likeness (QED) is 0.837. The van der Waals surface area contributed by atoms with Crippen molar-refractivity contribution in [3.8, 4) is 11.8 Å². The maximum atomic E-state index is 12.3. The molecule has 0 unspecified atom stereocenters. The van der Waals surface area contributed by atoms with E-state index in [1.807, 2.05) is 19.1 Å². The van der Waals surface area contributed by atoms with Gasteiger partial charge in [-0.25, -0.2) is 0 Å². The van der Waals surface area contributed by atoms with Crippen molar-refractivity contribution in [1.82, 2.24) is 10.5 Å². The van der Waals surface area contributed by atoms with Gasteiger partial charge < -0.3 is 15.6 Å². The summed E-state index contributed by atoms with van der Waals surface area (Å²) in [5.74, 6) is 6.22. The highest BCUT2D eigenvalue weighted by atomic mass is 16.5. The van der Waals surface area contributed by atoms with Crippen molar-refractivity contribution >= 4 is 5.91 Å². The second kappa shape index (κ2) is 6.73. The van der Waals surface area contributed by atoms with Gasteiger partial charge in [0.1, 0.15) is 11.5 Å². The molecule has 0 bridgehead atoms. The van der Waals surface area contributed by atoms with Gasteiger partial charge in [0.2, 0.25) is 0 Å². The van der Waals surface area contributed by atoms with Gasteiger partial charge in [0.25, 0.3) is 5.91 Å². The van der Waals surface area contributed by atoms with Gasteiger partial charge >= 0.3 is 0 Å². The number of rotatable bonds is 3. The lowest BCUT2D eigenvalue weighted by molar-refractivity contribution is 0.0950. The van der Waals surface area contributed by atoms with Gasteiger partial charge in [0.15, 0.2) is 0 Å². The fourth-order valence-electron chi connectivity index (χ4n) is 1.87. The van der Waals surface area contributed by atoms with Crippen LogP contribution in [0.2, 0.25) is 0 Å². The minimum atomic E-state index is -0.197. The fourth-order valence-corrected chi connectivity index (χ4v) is 1.87. The lowest BCUT2D eigenvalue weighted by atomic mass is 10.0. The summed E-state index contributed by atoms with van der Waals surface area (Å²) >= 11 is 0. The van der Waals surface area contributed by atoms with Crippen LogP contribution in [0.1, 0.15) is 32.9 Å². The molecule has 5 nitrogen and oxygen atoms in total. The summed E-state index contributed by atoms with van der Waals surface area (Å²) in [6.07, 6.45) is 0. The molecule has 21 heavy (non-hydrogen) atoms. The fraction of sp³-hybridized carbons (Fsp3) is 0.250. The van der Waals surface area contributed by atoms with Crippen LogP contribution >= 0.6 is 0 Å². The number of hydrogen-bond acceptors (Lipinski definition) is 4. The van der Waals surface area contributed by atoms with Crippen LogP contribution in [0.5, 0.6) is 0 Å². The molecule has 0 saturated carbocycles. The Morgan fingerprint density at radius 3 is 2.86 bits per heavy atom. The average Bonchev–Trinajstić information content (AvgIpc) is 2.88. The number of carbonyl (C=O) groups excluding carboxylic acids is 1. The first-order valence-electron chi connectivity index (χ1n) is 6.60. The summed E-state index contributed by atoms with van der Waals surface area (Å²) < 4.78 is 4.96. The minimum Gasteiger partial charge on any atom is -0.361 e. The molecule has 3 N–H and O–H groups in total. The minimum absolute atomic E-state index is 0.197. The van der Waals surface area contributed by atoms with Crippen molar-refractivity contribution in [1.29, 1.82) is 0 Å². The molecule has 1 aromatic carbocycles. The van der Waals surface area contributed by atoms with Crippen LogP contribution in [-0.4, -0.2) is 17.6 Å². The molecule has 2 rings (SSSR count). The number of aromatic nitrogens is 1. The Morgan fingerprint density at radius 2 is 2.19 bits per heavy atom. The molecular formula is C16H17N3O2. The number of hydrogen-bond donors (Lipinski definition) is 2. The molecule has 0 saturated heterocycles. The maximum absolute atomic E-state index is 12.3. The molecule has 0 aliphatic carbocycles. The van der Waals surface area contributed by atoms with Crippen molar-refractivity contribution in [2.45, 2.75) is 20.4 Å². The highest BCUT2D eigenvalue weighted by Crippen LogP contribution is 2.11. The zero-order chi connectivity index (χ0) is 15.2. The molecule has 0 spiro atoms. The van der Waals surface area contributed by atoms with E-state index < -0.39 is 0 Å². The number of carbonyl (C=O) groups is 1. The summed E-state index contributed by atoms with van der Waals surface area (Å²) in [4.78, 5) is 12.3. The van der Waals surface area contributed by atoms with E-state index in [1.165, 1.54) is 0 Å². The third-order valence-corrected chi connectivity index (χ3v) is 2.85. The highest BCUT2D eigenvalue weighted by molar-refractivity contribution is 5.96. The second-order valence-electron chi connectivity index (χ2n) is 4.67. The van der Waals surface area contributed by atoms with Crippen LogP contribution in [0.25, 0.3) is 0 Å². The second-order valence-corrected chi connectivity index (χ2v) is 4.67. The highest BCUT2D eigenvalue weighted by Gasteiger charge is 2.11. The van der Waals surface area contributed by atoms with Crippen LogP contribution in [0.4, 0.5) is 0 Å². The smallest absolute Gasteiger partial charge is 0.252 e. The number of nitrogens with one attached hydrogen (secondary N) is 1. The van der Waals surface area contributed by atoms with Crippen LogP contribution < -0.4 is 11.1 Å². The van der Waals surface area contributed by atoms with Gasteiger partial charge in [0, 0.05) is 11.6 Å². The molecule has 1 heterocycles. The van der Waals surface area contributed by atoms with Gasteiger partial charge in [-0.2, -0.15) is 0 Å². The standard InChI is InChI=1S/C16H17N3O2/c1-11-5-6-15(13(8-11)4-3-7-17)16(20)18-10-14-9-12(2)21-19-14/h5-6,8-9H,7,10,17H2,1-2H3,(H,18,20). The Bertz CT molecular complexity index is 708. The molecule has 0 aliphatic rings. The van der Waals surface area contributed by atoms with Gasteiger partial charge in [-0.1, -0.05) is 23.1 Å². The first kappa shape index (κ1) is 14.8. The molecule has 108 valence electrons. The number of amides is 1. The van der Waals surface area contributed by atoms with Crippen molar-refractivity contribution in [3.63, 3.8) is 0 Å². The first-order valence-corrected chi connectivity index (χ1v) is 6.60. The predicted octanol–water partition coefficient (Wildman–Crippen LogP) is 1.53. The monoisotopic (exact) mass is 283 g/mol. The van der Waals surface area contributed by atoms with Crippen LogP contribution in [-0.2, 0) is 6.54 Å². The molecule has 0 radical (unpaired) electrons. The molecule has 1 aromatic heterocycles. The molecule has 1 amide bonds. The third-order valence-electron chi connectivity index (χ3n) is 2.85. The van der Waals surface area contributed by atoms with E-state index in [0.29, 0.717) is 29.1 Å². The normalized spacial score (nSPS) is 9.86. The Balaban J connectivity index is 2.14. The van der Waals surface area contributed by atoms with E-state index in [1.54, 1.807) is 19.1 Å². The molecule has 0 aliphatic heterocycles. The summed E-state index contributed by atoms with van der Waals surface area (Å²) in [5, 5.41) is 6.64. The SMILES string of the molecule is Cc1ccc(C(=O)NCc2cc(C)on2)c(C#CCN)c1. The van der Waals surface area contributed by atoms with Crippen molar-refractivity contribution in [2.75, 3.05) is 6.54 Å². The van der Waals surface area contributed by atoms with E-state index in [0.717, 1.165) is 5.56 Å². The Labute approximate surface area is 123 Å². The lowest BCUT2D eigenvalue weighted by Crippen LogP contribution is -2.23. The van der Waals surface area contributed by atoms with Gasteiger partial charge in [0.05, 0.1) is 18.7 Å². The van der Waals surface area contributed by atoms with Crippen molar-refractivity contribution in [3.05, 3.63) is 52.4 Å². The first-order chi connectivity index (χ1) is 10.1. The van der Waals surface area contributed by atoms with Crippen LogP contribution in [0, 0.1) is 25.7 Å². The average molecular weight is 283 g/mol. The van der Waals surface area contributed by atoms with E-state index in [-0.39, 0.29) is 12.5 Å². The Kier molecular flexibility index (Phi) is 4.75.